The minimum absolute atomic E-state index is 0.166. The van der Waals surface area contributed by atoms with E-state index in [-0.39, 0.29) is 16.9 Å². The fourth-order valence-corrected chi connectivity index (χ4v) is 2.76. The lowest BCUT2D eigenvalue weighted by molar-refractivity contribution is 0.0471. The van der Waals surface area contributed by atoms with Crippen molar-refractivity contribution in [2.75, 3.05) is 31.8 Å². The Morgan fingerprint density at radius 1 is 1.00 bits per heavy atom. The van der Waals surface area contributed by atoms with E-state index in [4.69, 9.17) is 14.2 Å². The lowest BCUT2D eigenvalue weighted by Gasteiger charge is -2.10. The van der Waals surface area contributed by atoms with Crippen LogP contribution in [0.15, 0.2) is 42.5 Å². The van der Waals surface area contributed by atoms with E-state index in [0.717, 1.165) is 6.26 Å². The molecule has 0 saturated heterocycles. The summed E-state index contributed by atoms with van der Waals surface area (Å²) in [4.78, 5) is 24.4. The van der Waals surface area contributed by atoms with Gasteiger partial charge in [0, 0.05) is 17.3 Å². The van der Waals surface area contributed by atoms with Gasteiger partial charge in [0.2, 0.25) is 10.0 Å². The second kappa shape index (κ2) is 8.54. The van der Waals surface area contributed by atoms with E-state index in [1.165, 1.54) is 50.6 Å². The number of carbonyl (C=O) groups excluding carboxylic acids is 2. The predicted octanol–water partition coefficient (Wildman–Crippen LogP) is 2.12. The van der Waals surface area contributed by atoms with Crippen LogP contribution in [-0.2, 0) is 14.8 Å². The van der Waals surface area contributed by atoms with Crippen LogP contribution in [0.4, 0.5) is 5.69 Å². The standard InChI is InChI=1S/C18H19NO7S/c1-24-14-8-9-15(17(10-14)25-2)18(21)26-11-16(20)12-4-6-13(7-5-12)19-27(3,22)23/h4-10,19H,11H2,1-3H3. The second-order valence-electron chi connectivity index (χ2n) is 5.52. The van der Waals surface area contributed by atoms with Crippen molar-refractivity contribution in [3.63, 3.8) is 0 Å². The molecule has 1 N–H and O–H groups in total. The van der Waals surface area contributed by atoms with Crippen molar-refractivity contribution < 1.29 is 32.2 Å². The van der Waals surface area contributed by atoms with E-state index < -0.39 is 28.4 Å². The van der Waals surface area contributed by atoms with Gasteiger partial charge in [-0.25, -0.2) is 13.2 Å². The summed E-state index contributed by atoms with van der Waals surface area (Å²) in [5.41, 5.74) is 0.774. The van der Waals surface area contributed by atoms with Crippen LogP contribution in [0.2, 0.25) is 0 Å². The molecule has 0 unspecified atom stereocenters. The first-order chi connectivity index (χ1) is 12.7. The third kappa shape index (κ3) is 5.71. The van der Waals surface area contributed by atoms with Gasteiger partial charge in [-0.05, 0) is 36.4 Å². The molecule has 0 saturated carbocycles. The molecule has 0 spiro atoms. The molecule has 9 heteroatoms. The van der Waals surface area contributed by atoms with E-state index in [2.05, 4.69) is 4.72 Å². The van der Waals surface area contributed by atoms with Crippen LogP contribution in [0, 0.1) is 0 Å². The van der Waals surface area contributed by atoms with Crippen molar-refractivity contribution in [1.82, 2.24) is 0 Å². The molecule has 8 nitrogen and oxygen atoms in total. The number of rotatable bonds is 8. The Bertz CT molecular complexity index is 937. The zero-order chi connectivity index (χ0) is 20.0. The first-order valence-corrected chi connectivity index (χ1v) is 9.63. The van der Waals surface area contributed by atoms with Gasteiger partial charge in [0.05, 0.1) is 20.5 Å². The number of ether oxygens (including phenoxy) is 3. The molecule has 0 atom stereocenters. The molecule has 0 heterocycles. The Hall–Kier alpha value is -3.07. The summed E-state index contributed by atoms with van der Waals surface area (Å²) in [5, 5.41) is 0. The van der Waals surface area contributed by atoms with Crippen LogP contribution in [0.25, 0.3) is 0 Å². The summed E-state index contributed by atoms with van der Waals surface area (Å²) < 4.78 is 39.9. The van der Waals surface area contributed by atoms with Crippen LogP contribution in [0.5, 0.6) is 11.5 Å². The van der Waals surface area contributed by atoms with Crippen LogP contribution < -0.4 is 14.2 Å². The first kappa shape index (κ1) is 20.2. The lowest BCUT2D eigenvalue weighted by atomic mass is 10.1. The van der Waals surface area contributed by atoms with Gasteiger partial charge in [-0.15, -0.1) is 0 Å². The fourth-order valence-electron chi connectivity index (χ4n) is 2.20. The summed E-state index contributed by atoms with van der Waals surface area (Å²) in [6.45, 7) is -0.465. The minimum Gasteiger partial charge on any atom is -0.497 e. The monoisotopic (exact) mass is 393 g/mol. The number of Topliss-reactive ketones (excluding diaryl/α,β-unsaturated/α-hetero) is 1. The smallest absolute Gasteiger partial charge is 0.342 e. The third-order valence-electron chi connectivity index (χ3n) is 3.47. The number of anilines is 1. The Balaban J connectivity index is 2.02. The van der Waals surface area contributed by atoms with E-state index in [0.29, 0.717) is 11.4 Å². The molecule has 2 aromatic carbocycles. The highest BCUT2D eigenvalue weighted by molar-refractivity contribution is 7.92. The van der Waals surface area contributed by atoms with Crippen LogP contribution >= 0.6 is 0 Å². The van der Waals surface area contributed by atoms with E-state index in [1.54, 1.807) is 6.07 Å². The maximum absolute atomic E-state index is 12.2. The molecule has 2 aromatic rings. The highest BCUT2D eigenvalue weighted by atomic mass is 32.2. The Morgan fingerprint density at radius 2 is 1.67 bits per heavy atom. The number of hydrogen-bond donors (Lipinski definition) is 1. The van der Waals surface area contributed by atoms with Gasteiger partial charge < -0.3 is 14.2 Å². The number of ketones is 1. The second-order valence-corrected chi connectivity index (χ2v) is 7.27. The average molecular weight is 393 g/mol. The van der Waals surface area contributed by atoms with Crippen LogP contribution in [-0.4, -0.2) is 47.3 Å². The molecule has 0 radical (unpaired) electrons. The summed E-state index contributed by atoms with van der Waals surface area (Å²) >= 11 is 0. The third-order valence-corrected chi connectivity index (χ3v) is 4.08. The van der Waals surface area contributed by atoms with E-state index in [1.807, 2.05) is 0 Å². The molecule has 0 aromatic heterocycles. The van der Waals surface area contributed by atoms with Crippen molar-refractivity contribution in [2.24, 2.45) is 0 Å². The van der Waals surface area contributed by atoms with Crippen LogP contribution in [0.3, 0.4) is 0 Å². The molecule has 0 aliphatic carbocycles. The summed E-state index contributed by atoms with van der Waals surface area (Å²) in [6.07, 6.45) is 1.03. The van der Waals surface area contributed by atoms with Gasteiger partial charge >= 0.3 is 5.97 Å². The molecule has 144 valence electrons. The number of esters is 1. The quantitative estimate of drug-likeness (QED) is 0.540. The molecule has 27 heavy (non-hydrogen) atoms. The van der Waals surface area contributed by atoms with Crippen molar-refractivity contribution in [3.05, 3.63) is 53.6 Å². The van der Waals surface area contributed by atoms with Gasteiger partial charge in [0.1, 0.15) is 17.1 Å². The Labute approximate surface area is 157 Å². The van der Waals surface area contributed by atoms with Crippen molar-refractivity contribution in [2.45, 2.75) is 0 Å². The van der Waals surface area contributed by atoms with Gasteiger partial charge in [-0.2, -0.15) is 0 Å². The molecule has 0 aliphatic rings. The molecule has 0 aliphatic heterocycles. The van der Waals surface area contributed by atoms with E-state index in [9.17, 15) is 18.0 Å². The lowest BCUT2D eigenvalue weighted by Crippen LogP contribution is -2.15. The molecule has 0 bridgehead atoms. The minimum atomic E-state index is -3.40. The molecular formula is C18H19NO7S. The zero-order valence-corrected chi connectivity index (χ0v) is 15.8. The van der Waals surface area contributed by atoms with Crippen LogP contribution in [0.1, 0.15) is 20.7 Å². The summed E-state index contributed by atoms with van der Waals surface area (Å²) in [6, 6.07) is 10.4. The van der Waals surface area contributed by atoms with Gasteiger partial charge in [0.15, 0.2) is 12.4 Å². The normalized spacial score (nSPS) is 10.8. The van der Waals surface area contributed by atoms with Crippen molar-refractivity contribution >= 4 is 27.5 Å². The van der Waals surface area contributed by atoms with Gasteiger partial charge in [0.25, 0.3) is 0 Å². The van der Waals surface area contributed by atoms with Gasteiger partial charge in [-0.1, -0.05) is 0 Å². The molecule has 2 rings (SSSR count). The predicted molar refractivity (Wildman–Crippen MR) is 99.1 cm³/mol. The first-order valence-electron chi connectivity index (χ1n) is 7.73. The Morgan fingerprint density at radius 3 is 2.22 bits per heavy atom. The van der Waals surface area contributed by atoms with Gasteiger partial charge in [-0.3, -0.25) is 9.52 Å². The highest BCUT2D eigenvalue weighted by Crippen LogP contribution is 2.25. The number of nitrogens with one attached hydrogen (secondary N) is 1. The molecule has 0 amide bonds. The topological polar surface area (TPSA) is 108 Å². The SMILES string of the molecule is COc1ccc(C(=O)OCC(=O)c2ccc(NS(C)(=O)=O)cc2)c(OC)c1. The fraction of sp³-hybridized carbons (Fsp3) is 0.222. The van der Waals surface area contributed by atoms with Crippen molar-refractivity contribution in [3.8, 4) is 11.5 Å². The summed E-state index contributed by atoms with van der Waals surface area (Å²) in [5.74, 6) is -0.356. The highest BCUT2D eigenvalue weighted by Gasteiger charge is 2.17. The number of benzene rings is 2. The molecule has 0 fully saturated rings. The maximum atomic E-state index is 12.2. The number of carbonyl (C=O) groups is 2. The molecular weight excluding hydrogens is 374 g/mol. The zero-order valence-electron chi connectivity index (χ0n) is 15.0. The number of hydrogen-bond acceptors (Lipinski definition) is 7. The maximum Gasteiger partial charge on any atom is 0.342 e. The van der Waals surface area contributed by atoms with E-state index >= 15 is 0 Å². The average Bonchev–Trinajstić information content (AvgIpc) is 2.64. The largest absolute Gasteiger partial charge is 0.497 e. The number of sulfonamides is 1. The van der Waals surface area contributed by atoms with Crippen molar-refractivity contribution in [1.29, 1.82) is 0 Å². The Kier molecular flexibility index (Phi) is 6.40. The summed E-state index contributed by atoms with van der Waals surface area (Å²) in [7, 11) is -0.505. The number of methoxy groups -OCH3 is 2.